The highest BCUT2D eigenvalue weighted by Gasteiger charge is 1.99. The number of pyridine rings is 1. The molecule has 0 radical (unpaired) electrons. The summed E-state index contributed by atoms with van der Waals surface area (Å²) in [5.41, 5.74) is 7.28. The lowest BCUT2D eigenvalue weighted by molar-refractivity contribution is -0.117. The van der Waals surface area contributed by atoms with Gasteiger partial charge in [-0.25, -0.2) is 0 Å². The van der Waals surface area contributed by atoms with Crippen LogP contribution in [0.1, 0.15) is 17.5 Å². The smallest absolute Gasteiger partial charge is 0.217 e. The van der Waals surface area contributed by atoms with Crippen LogP contribution >= 0.6 is 0 Å². The Bertz CT molecular complexity index is 284. The van der Waals surface area contributed by atoms with Crippen LogP contribution in [0.25, 0.3) is 0 Å². The van der Waals surface area contributed by atoms with E-state index >= 15 is 0 Å². The lowest BCUT2D eigenvalue weighted by Crippen LogP contribution is -2.11. The number of hydrogen-bond donors (Lipinski definition) is 1. The van der Waals surface area contributed by atoms with Crippen molar-refractivity contribution in [3.05, 3.63) is 29.6 Å². The van der Waals surface area contributed by atoms with Crippen LogP contribution in [0.3, 0.4) is 0 Å². The molecule has 3 nitrogen and oxygen atoms in total. The predicted octanol–water partition coefficient (Wildman–Crippen LogP) is 0.808. The van der Waals surface area contributed by atoms with Crippen molar-refractivity contribution in [1.29, 1.82) is 0 Å². The van der Waals surface area contributed by atoms with Gasteiger partial charge in [-0.1, -0.05) is 0 Å². The number of primary amides is 1. The molecule has 0 spiro atoms. The van der Waals surface area contributed by atoms with Crippen molar-refractivity contribution in [3.8, 4) is 0 Å². The first-order valence-electron chi connectivity index (χ1n) is 3.88. The van der Waals surface area contributed by atoms with E-state index in [2.05, 4.69) is 4.98 Å². The zero-order valence-electron chi connectivity index (χ0n) is 7.08. The first-order chi connectivity index (χ1) is 5.70. The molecule has 3 heteroatoms. The quantitative estimate of drug-likeness (QED) is 0.718. The van der Waals surface area contributed by atoms with Gasteiger partial charge in [0.1, 0.15) is 0 Å². The summed E-state index contributed by atoms with van der Waals surface area (Å²) >= 11 is 0. The molecule has 2 N–H and O–H groups in total. The lowest BCUT2D eigenvalue weighted by atomic mass is 10.1. The van der Waals surface area contributed by atoms with Gasteiger partial charge in [-0.05, 0) is 30.5 Å². The van der Waals surface area contributed by atoms with Crippen LogP contribution in [0.2, 0.25) is 0 Å². The summed E-state index contributed by atoms with van der Waals surface area (Å²) in [5, 5.41) is 0. The Hall–Kier alpha value is -1.38. The van der Waals surface area contributed by atoms with Crippen molar-refractivity contribution in [2.24, 2.45) is 5.73 Å². The molecule has 0 bridgehead atoms. The lowest BCUT2D eigenvalue weighted by Gasteiger charge is -2.01. The van der Waals surface area contributed by atoms with Crippen LogP contribution in [0.5, 0.6) is 0 Å². The first-order valence-corrected chi connectivity index (χ1v) is 3.88. The van der Waals surface area contributed by atoms with Gasteiger partial charge in [-0.2, -0.15) is 0 Å². The Morgan fingerprint density at radius 2 is 2.42 bits per heavy atom. The summed E-state index contributed by atoms with van der Waals surface area (Å²) in [4.78, 5) is 14.5. The second-order valence-corrected chi connectivity index (χ2v) is 2.77. The molecular weight excluding hydrogens is 152 g/mol. The largest absolute Gasteiger partial charge is 0.370 e. The van der Waals surface area contributed by atoms with E-state index in [1.54, 1.807) is 12.4 Å². The number of carbonyl (C=O) groups is 1. The topological polar surface area (TPSA) is 56.0 Å². The fraction of sp³-hybridized carbons (Fsp3) is 0.333. The van der Waals surface area contributed by atoms with Crippen molar-refractivity contribution in [1.82, 2.24) is 4.98 Å². The molecule has 0 atom stereocenters. The summed E-state index contributed by atoms with van der Waals surface area (Å²) in [7, 11) is 0. The molecule has 64 valence electrons. The van der Waals surface area contributed by atoms with Crippen molar-refractivity contribution >= 4 is 5.91 Å². The van der Waals surface area contributed by atoms with Crippen LogP contribution in [0.15, 0.2) is 18.5 Å². The van der Waals surface area contributed by atoms with E-state index in [0.29, 0.717) is 12.8 Å². The second-order valence-electron chi connectivity index (χ2n) is 2.77. The molecule has 1 aromatic heterocycles. The Labute approximate surface area is 71.6 Å². The Balaban J connectivity index is 2.63. The van der Waals surface area contributed by atoms with Gasteiger partial charge in [-0.15, -0.1) is 0 Å². The van der Waals surface area contributed by atoms with Crippen LogP contribution in [-0.2, 0) is 11.2 Å². The molecule has 0 aliphatic heterocycles. The van der Waals surface area contributed by atoms with Crippen LogP contribution in [0, 0.1) is 6.92 Å². The molecule has 1 heterocycles. The molecule has 1 rings (SSSR count). The number of carbonyl (C=O) groups excluding carboxylic acids is 1. The number of nitrogens with zero attached hydrogens (tertiary/aromatic N) is 1. The van der Waals surface area contributed by atoms with Gasteiger partial charge in [0.25, 0.3) is 0 Å². The maximum Gasteiger partial charge on any atom is 0.217 e. The Morgan fingerprint density at radius 1 is 1.67 bits per heavy atom. The maximum absolute atomic E-state index is 10.5. The molecule has 1 aromatic rings. The van der Waals surface area contributed by atoms with E-state index in [9.17, 15) is 4.79 Å². The number of amides is 1. The van der Waals surface area contributed by atoms with Gasteiger partial charge in [0, 0.05) is 18.8 Å². The van der Waals surface area contributed by atoms with E-state index in [0.717, 1.165) is 11.1 Å². The number of aromatic nitrogens is 1. The molecule has 0 aromatic carbocycles. The average molecular weight is 164 g/mol. The van der Waals surface area contributed by atoms with Gasteiger partial charge >= 0.3 is 0 Å². The minimum absolute atomic E-state index is 0.266. The summed E-state index contributed by atoms with van der Waals surface area (Å²) < 4.78 is 0. The zero-order chi connectivity index (χ0) is 8.97. The Morgan fingerprint density at radius 3 is 3.00 bits per heavy atom. The minimum Gasteiger partial charge on any atom is -0.370 e. The fourth-order valence-corrected chi connectivity index (χ4v) is 1.02. The highest BCUT2D eigenvalue weighted by Crippen LogP contribution is 2.06. The summed E-state index contributed by atoms with van der Waals surface area (Å²) in [6.07, 6.45) is 4.60. The predicted molar refractivity (Wildman–Crippen MR) is 46.5 cm³/mol. The van der Waals surface area contributed by atoms with Crippen LogP contribution < -0.4 is 5.73 Å². The molecule has 0 aliphatic carbocycles. The fourth-order valence-electron chi connectivity index (χ4n) is 1.02. The van der Waals surface area contributed by atoms with E-state index in [-0.39, 0.29) is 5.91 Å². The minimum atomic E-state index is -0.266. The number of aryl methyl sites for hydroxylation is 2. The maximum atomic E-state index is 10.5. The molecule has 0 aliphatic rings. The number of hydrogen-bond acceptors (Lipinski definition) is 2. The second kappa shape index (κ2) is 3.85. The summed E-state index contributed by atoms with van der Waals surface area (Å²) in [5.74, 6) is -0.266. The van der Waals surface area contributed by atoms with E-state index in [4.69, 9.17) is 5.73 Å². The van der Waals surface area contributed by atoms with Crippen molar-refractivity contribution < 1.29 is 4.79 Å². The van der Waals surface area contributed by atoms with Gasteiger partial charge in [0.2, 0.25) is 5.91 Å². The molecule has 0 fully saturated rings. The normalized spacial score (nSPS) is 9.75. The molecular formula is C9H12N2O. The van der Waals surface area contributed by atoms with Crippen molar-refractivity contribution in [2.45, 2.75) is 19.8 Å². The summed E-state index contributed by atoms with van der Waals surface area (Å²) in [6.45, 7) is 2.00. The zero-order valence-corrected chi connectivity index (χ0v) is 7.08. The number of rotatable bonds is 3. The van der Waals surface area contributed by atoms with Gasteiger partial charge in [-0.3, -0.25) is 9.78 Å². The van der Waals surface area contributed by atoms with Crippen molar-refractivity contribution in [2.75, 3.05) is 0 Å². The van der Waals surface area contributed by atoms with Crippen LogP contribution in [-0.4, -0.2) is 10.9 Å². The van der Waals surface area contributed by atoms with Gasteiger partial charge < -0.3 is 5.73 Å². The van der Waals surface area contributed by atoms with Crippen LogP contribution in [0.4, 0.5) is 0 Å². The molecule has 0 saturated heterocycles. The van der Waals surface area contributed by atoms with E-state index < -0.39 is 0 Å². The molecule has 0 unspecified atom stereocenters. The standard InChI is InChI=1S/C9H12N2O/c1-7-4-5-11-6-8(7)2-3-9(10)12/h4-6H,2-3H2,1H3,(H2,10,12). The van der Waals surface area contributed by atoms with E-state index in [1.807, 2.05) is 13.0 Å². The first kappa shape index (κ1) is 8.71. The van der Waals surface area contributed by atoms with Gasteiger partial charge in [0.05, 0.1) is 0 Å². The monoisotopic (exact) mass is 164 g/mol. The third kappa shape index (κ3) is 2.34. The van der Waals surface area contributed by atoms with Gasteiger partial charge in [0.15, 0.2) is 0 Å². The summed E-state index contributed by atoms with van der Waals surface area (Å²) in [6, 6.07) is 1.93. The molecule has 1 amide bonds. The SMILES string of the molecule is Cc1ccncc1CCC(N)=O. The average Bonchev–Trinajstić information content (AvgIpc) is 2.03. The number of nitrogens with two attached hydrogens (primary N) is 1. The third-order valence-electron chi connectivity index (χ3n) is 1.79. The highest BCUT2D eigenvalue weighted by molar-refractivity contribution is 5.74. The molecule has 12 heavy (non-hydrogen) atoms. The molecule has 0 saturated carbocycles. The van der Waals surface area contributed by atoms with E-state index in [1.165, 1.54) is 0 Å². The Kier molecular flexibility index (Phi) is 2.80. The third-order valence-corrected chi connectivity index (χ3v) is 1.79. The van der Waals surface area contributed by atoms with Crippen molar-refractivity contribution in [3.63, 3.8) is 0 Å². The highest BCUT2D eigenvalue weighted by atomic mass is 16.1.